The molecule has 1 aliphatic carbocycles. The number of unbranched alkanes of at least 4 members (excludes halogenated alkanes) is 1. The second kappa shape index (κ2) is 6.67. The molecule has 24 heavy (non-hydrogen) atoms. The number of pyridine rings is 1. The summed E-state index contributed by atoms with van der Waals surface area (Å²) in [5, 5.41) is 2.08. The van der Waals surface area contributed by atoms with Crippen LogP contribution in [0.1, 0.15) is 50.5 Å². The van der Waals surface area contributed by atoms with Gasteiger partial charge in [0.15, 0.2) is 0 Å². The van der Waals surface area contributed by atoms with Gasteiger partial charge in [0.05, 0.1) is 5.41 Å². The maximum Gasteiger partial charge on any atom is 0.234 e. The summed E-state index contributed by atoms with van der Waals surface area (Å²) in [6, 6.07) is 8.17. The molecule has 1 aliphatic rings. The van der Waals surface area contributed by atoms with Crippen molar-refractivity contribution in [3.8, 4) is 0 Å². The molecular formula is C20H26N2OS. The lowest BCUT2D eigenvalue weighted by Gasteiger charge is -2.29. The summed E-state index contributed by atoms with van der Waals surface area (Å²) in [6.45, 7) is 8.06. The molecule has 1 atom stereocenters. The molecule has 2 aromatic heterocycles. The Morgan fingerprint density at radius 1 is 1.33 bits per heavy atom. The smallest absolute Gasteiger partial charge is 0.234 e. The van der Waals surface area contributed by atoms with Crippen molar-refractivity contribution in [2.75, 3.05) is 6.54 Å². The van der Waals surface area contributed by atoms with Crippen LogP contribution in [0.5, 0.6) is 0 Å². The minimum absolute atomic E-state index is 0.0361. The van der Waals surface area contributed by atoms with Crippen molar-refractivity contribution in [3.05, 3.63) is 52.5 Å². The molecule has 0 aromatic carbocycles. The minimum atomic E-state index is -0.336. The van der Waals surface area contributed by atoms with Gasteiger partial charge in [-0.05, 0) is 41.3 Å². The number of rotatable bonds is 7. The van der Waals surface area contributed by atoms with Crippen LogP contribution in [-0.2, 0) is 16.8 Å². The van der Waals surface area contributed by atoms with Gasteiger partial charge in [0.1, 0.15) is 0 Å². The third kappa shape index (κ3) is 3.00. The van der Waals surface area contributed by atoms with Gasteiger partial charge in [-0.15, -0.1) is 11.3 Å². The molecule has 1 unspecified atom stereocenters. The summed E-state index contributed by atoms with van der Waals surface area (Å²) < 4.78 is 0. The Morgan fingerprint density at radius 2 is 2.12 bits per heavy atom. The highest BCUT2D eigenvalue weighted by Gasteiger charge is 2.68. The molecule has 1 saturated carbocycles. The molecule has 0 N–H and O–H groups in total. The van der Waals surface area contributed by atoms with Crippen molar-refractivity contribution < 1.29 is 4.79 Å². The fourth-order valence-corrected chi connectivity index (χ4v) is 4.71. The number of hydrogen-bond acceptors (Lipinski definition) is 3. The van der Waals surface area contributed by atoms with E-state index < -0.39 is 0 Å². The monoisotopic (exact) mass is 342 g/mol. The van der Waals surface area contributed by atoms with E-state index in [1.165, 1.54) is 4.88 Å². The summed E-state index contributed by atoms with van der Waals surface area (Å²) in [5.41, 5.74) is 0.799. The number of nitrogens with zero attached hydrogens (tertiary/aromatic N) is 2. The molecule has 1 amide bonds. The van der Waals surface area contributed by atoms with E-state index in [2.05, 4.69) is 54.2 Å². The Morgan fingerprint density at radius 3 is 2.67 bits per heavy atom. The summed E-state index contributed by atoms with van der Waals surface area (Å²) in [7, 11) is 0. The van der Waals surface area contributed by atoms with Crippen LogP contribution in [-0.4, -0.2) is 22.3 Å². The van der Waals surface area contributed by atoms with Crippen LogP contribution in [0.15, 0.2) is 42.0 Å². The largest absolute Gasteiger partial charge is 0.337 e. The normalized spacial score (nSPS) is 21.5. The summed E-state index contributed by atoms with van der Waals surface area (Å²) in [6.07, 6.45) is 6.70. The lowest BCUT2D eigenvalue weighted by atomic mass is 9.92. The number of thiophene rings is 1. The van der Waals surface area contributed by atoms with Crippen LogP contribution in [0.25, 0.3) is 0 Å². The average molecular weight is 343 g/mol. The summed E-state index contributed by atoms with van der Waals surface area (Å²) in [4.78, 5) is 21.0. The molecule has 0 radical (unpaired) electrons. The van der Waals surface area contributed by atoms with Crippen LogP contribution in [0.4, 0.5) is 0 Å². The second-order valence-electron chi connectivity index (χ2n) is 7.38. The molecular weight excluding hydrogens is 316 g/mol. The molecule has 4 heteroatoms. The fraction of sp³-hybridized carbons (Fsp3) is 0.500. The molecule has 2 aromatic rings. The first kappa shape index (κ1) is 17.2. The van der Waals surface area contributed by atoms with Crippen LogP contribution < -0.4 is 0 Å². The van der Waals surface area contributed by atoms with Crippen LogP contribution >= 0.6 is 11.3 Å². The summed E-state index contributed by atoms with van der Waals surface area (Å²) in [5.74, 6) is 0.284. The van der Waals surface area contributed by atoms with Gasteiger partial charge in [-0.2, -0.15) is 0 Å². The molecule has 128 valence electrons. The first-order valence-corrected chi connectivity index (χ1v) is 9.61. The Balaban J connectivity index is 1.87. The van der Waals surface area contributed by atoms with E-state index in [0.29, 0.717) is 6.54 Å². The first-order valence-electron chi connectivity index (χ1n) is 8.73. The molecule has 0 spiro atoms. The van der Waals surface area contributed by atoms with E-state index in [1.54, 1.807) is 17.5 Å². The number of carbonyl (C=O) groups is 1. The number of aromatic nitrogens is 1. The van der Waals surface area contributed by atoms with Crippen LogP contribution in [0.2, 0.25) is 0 Å². The first-order chi connectivity index (χ1) is 11.5. The molecule has 3 rings (SSSR count). The number of hydrogen-bond donors (Lipinski definition) is 0. The lowest BCUT2D eigenvalue weighted by molar-refractivity contribution is -0.135. The van der Waals surface area contributed by atoms with E-state index >= 15 is 0 Å². The zero-order chi connectivity index (χ0) is 17.2. The van der Waals surface area contributed by atoms with Gasteiger partial charge in [-0.3, -0.25) is 9.78 Å². The predicted molar refractivity (Wildman–Crippen MR) is 99.0 cm³/mol. The number of amides is 1. The molecule has 0 aliphatic heterocycles. The van der Waals surface area contributed by atoms with Gasteiger partial charge < -0.3 is 4.90 Å². The average Bonchev–Trinajstić information content (AvgIpc) is 2.93. The van der Waals surface area contributed by atoms with Crippen LogP contribution in [0, 0.1) is 5.41 Å². The number of carbonyl (C=O) groups excluding carboxylic acids is 1. The van der Waals surface area contributed by atoms with Gasteiger partial charge in [0.25, 0.3) is 0 Å². The lowest BCUT2D eigenvalue weighted by Crippen LogP contribution is -2.41. The molecule has 1 fully saturated rings. The van der Waals surface area contributed by atoms with Gasteiger partial charge >= 0.3 is 0 Å². The van der Waals surface area contributed by atoms with Crippen LogP contribution in [0.3, 0.4) is 0 Å². The van der Waals surface area contributed by atoms with E-state index in [-0.39, 0.29) is 16.7 Å². The standard InChI is InChI=1S/C20H26N2OS/c1-4-5-11-22(14-16-8-6-10-21-13-16)18(23)20(15-19(20,2)3)17-9-7-12-24-17/h6-10,12-13H,4-5,11,14-15H2,1-3H3. The molecule has 0 saturated heterocycles. The van der Waals surface area contributed by atoms with Gasteiger partial charge in [0.2, 0.25) is 5.91 Å². The SMILES string of the molecule is CCCCN(Cc1cccnc1)C(=O)C1(c2cccs2)CC1(C)C. The van der Waals surface area contributed by atoms with Crippen molar-refractivity contribution in [2.24, 2.45) is 5.41 Å². The van der Waals surface area contributed by atoms with Crippen molar-refractivity contribution in [1.29, 1.82) is 0 Å². The van der Waals surface area contributed by atoms with E-state index in [9.17, 15) is 4.79 Å². The zero-order valence-electron chi connectivity index (χ0n) is 14.8. The van der Waals surface area contributed by atoms with Gasteiger partial charge in [0, 0.05) is 30.4 Å². The van der Waals surface area contributed by atoms with E-state index in [0.717, 1.165) is 31.4 Å². The predicted octanol–water partition coefficient (Wildman–Crippen LogP) is 4.64. The van der Waals surface area contributed by atoms with Crippen molar-refractivity contribution in [3.63, 3.8) is 0 Å². The van der Waals surface area contributed by atoms with Crippen molar-refractivity contribution in [2.45, 2.75) is 52.0 Å². The van der Waals surface area contributed by atoms with Gasteiger partial charge in [-0.1, -0.05) is 39.3 Å². The quantitative estimate of drug-likeness (QED) is 0.734. The zero-order valence-corrected chi connectivity index (χ0v) is 15.6. The van der Waals surface area contributed by atoms with E-state index in [4.69, 9.17) is 0 Å². The third-order valence-corrected chi connectivity index (χ3v) is 6.24. The molecule has 0 bridgehead atoms. The Kier molecular flexibility index (Phi) is 4.77. The second-order valence-corrected chi connectivity index (χ2v) is 8.33. The molecule has 2 heterocycles. The summed E-state index contributed by atoms with van der Waals surface area (Å²) >= 11 is 1.71. The van der Waals surface area contributed by atoms with Crippen molar-refractivity contribution in [1.82, 2.24) is 9.88 Å². The maximum atomic E-state index is 13.6. The van der Waals surface area contributed by atoms with E-state index in [1.807, 2.05) is 12.3 Å². The highest BCUT2D eigenvalue weighted by molar-refractivity contribution is 7.10. The van der Waals surface area contributed by atoms with Gasteiger partial charge in [-0.25, -0.2) is 0 Å². The fourth-order valence-electron chi connectivity index (χ4n) is 3.61. The Hall–Kier alpha value is -1.68. The Labute approximate surface area is 148 Å². The van der Waals surface area contributed by atoms with Crippen molar-refractivity contribution >= 4 is 17.2 Å². The highest BCUT2D eigenvalue weighted by Crippen LogP contribution is 2.66. The third-order valence-electron chi connectivity index (χ3n) is 5.21. The highest BCUT2D eigenvalue weighted by atomic mass is 32.1. The maximum absolute atomic E-state index is 13.6. The topological polar surface area (TPSA) is 33.2 Å². The Bertz CT molecular complexity index is 681. The molecule has 3 nitrogen and oxygen atoms in total. The minimum Gasteiger partial charge on any atom is -0.337 e.